The van der Waals surface area contributed by atoms with Crippen LogP contribution in [0.1, 0.15) is 45.6 Å². The zero-order valence-electron chi connectivity index (χ0n) is 12.9. The SMILES string of the molecule is CCCCc1ccc(N(CCC)CC(C)C(=O)O)cc1. The molecule has 1 aromatic carbocycles. The normalized spacial score (nSPS) is 12.2. The van der Waals surface area contributed by atoms with E-state index in [1.54, 1.807) is 6.92 Å². The molecule has 0 saturated heterocycles. The van der Waals surface area contributed by atoms with Gasteiger partial charge in [0.25, 0.3) is 0 Å². The van der Waals surface area contributed by atoms with E-state index >= 15 is 0 Å². The molecular formula is C17H27NO2. The van der Waals surface area contributed by atoms with E-state index in [2.05, 4.69) is 43.0 Å². The average molecular weight is 277 g/mol. The molecular weight excluding hydrogens is 250 g/mol. The molecule has 0 heterocycles. The Kier molecular flexibility index (Phi) is 7.13. The third-order valence-corrected chi connectivity index (χ3v) is 3.53. The Morgan fingerprint density at radius 2 is 1.85 bits per heavy atom. The number of rotatable bonds is 9. The lowest BCUT2D eigenvalue weighted by molar-refractivity contribution is -0.140. The lowest BCUT2D eigenvalue weighted by Gasteiger charge is -2.26. The predicted molar refractivity (Wildman–Crippen MR) is 84.4 cm³/mol. The van der Waals surface area contributed by atoms with Crippen LogP contribution < -0.4 is 4.90 Å². The molecule has 0 aliphatic heterocycles. The van der Waals surface area contributed by atoms with Crippen LogP contribution >= 0.6 is 0 Å². The highest BCUT2D eigenvalue weighted by atomic mass is 16.4. The first-order valence-electron chi connectivity index (χ1n) is 7.65. The Bertz CT molecular complexity index is 400. The van der Waals surface area contributed by atoms with Crippen molar-refractivity contribution in [3.8, 4) is 0 Å². The maximum Gasteiger partial charge on any atom is 0.308 e. The summed E-state index contributed by atoms with van der Waals surface area (Å²) in [4.78, 5) is 13.2. The van der Waals surface area contributed by atoms with Crippen molar-refractivity contribution >= 4 is 11.7 Å². The smallest absolute Gasteiger partial charge is 0.308 e. The van der Waals surface area contributed by atoms with Crippen LogP contribution in [0, 0.1) is 5.92 Å². The highest BCUT2D eigenvalue weighted by molar-refractivity contribution is 5.70. The summed E-state index contributed by atoms with van der Waals surface area (Å²) < 4.78 is 0. The van der Waals surface area contributed by atoms with Crippen molar-refractivity contribution in [2.75, 3.05) is 18.0 Å². The number of carboxylic acids is 1. The summed E-state index contributed by atoms with van der Waals surface area (Å²) >= 11 is 0. The molecule has 0 amide bonds. The van der Waals surface area contributed by atoms with E-state index in [0.29, 0.717) is 6.54 Å². The first-order valence-corrected chi connectivity index (χ1v) is 7.65. The number of hydrogen-bond acceptors (Lipinski definition) is 2. The fraction of sp³-hybridized carbons (Fsp3) is 0.588. The third-order valence-electron chi connectivity index (χ3n) is 3.53. The van der Waals surface area contributed by atoms with Crippen molar-refractivity contribution in [2.24, 2.45) is 5.92 Å². The number of hydrogen-bond donors (Lipinski definition) is 1. The van der Waals surface area contributed by atoms with Crippen LogP contribution in [0.2, 0.25) is 0 Å². The van der Waals surface area contributed by atoms with E-state index in [1.165, 1.54) is 18.4 Å². The van der Waals surface area contributed by atoms with Gasteiger partial charge < -0.3 is 10.0 Å². The highest BCUT2D eigenvalue weighted by Crippen LogP contribution is 2.18. The molecule has 0 bridgehead atoms. The summed E-state index contributed by atoms with van der Waals surface area (Å²) in [5, 5.41) is 9.06. The minimum Gasteiger partial charge on any atom is -0.481 e. The highest BCUT2D eigenvalue weighted by Gasteiger charge is 2.16. The summed E-state index contributed by atoms with van der Waals surface area (Å²) in [6, 6.07) is 8.57. The number of aryl methyl sites for hydroxylation is 1. The van der Waals surface area contributed by atoms with Crippen LogP contribution in [0.4, 0.5) is 5.69 Å². The van der Waals surface area contributed by atoms with Crippen LogP contribution in [0.5, 0.6) is 0 Å². The van der Waals surface area contributed by atoms with Gasteiger partial charge in [0.05, 0.1) is 5.92 Å². The molecule has 1 aromatic rings. The summed E-state index contributed by atoms with van der Waals surface area (Å²) in [6.45, 7) is 7.54. The summed E-state index contributed by atoms with van der Waals surface area (Å²) in [5.41, 5.74) is 2.48. The van der Waals surface area contributed by atoms with Crippen LogP contribution in [-0.2, 0) is 11.2 Å². The maximum absolute atomic E-state index is 11.0. The van der Waals surface area contributed by atoms with Gasteiger partial charge in [-0.25, -0.2) is 0 Å². The molecule has 0 aliphatic carbocycles. The minimum atomic E-state index is -0.731. The molecule has 20 heavy (non-hydrogen) atoms. The molecule has 3 nitrogen and oxygen atoms in total. The molecule has 0 fully saturated rings. The van der Waals surface area contributed by atoms with E-state index in [-0.39, 0.29) is 5.92 Å². The Morgan fingerprint density at radius 1 is 1.20 bits per heavy atom. The molecule has 1 N–H and O–H groups in total. The summed E-state index contributed by atoms with van der Waals surface area (Å²) in [6.07, 6.45) is 4.56. The number of nitrogens with zero attached hydrogens (tertiary/aromatic N) is 1. The van der Waals surface area contributed by atoms with E-state index in [0.717, 1.165) is 25.1 Å². The summed E-state index contributed by atoms with van der Waals surface area (Å²) in [7, 11) is 0. The van der Waals surface area contributed by atoms with Gasteiger partial charge in [-0.3, -0.25) is 4.79 Å². The van der Waals surface area contributed by atoms with Crippen molar-refractivity contribution in [2.45, 2.75) is 46.5 Å². The molecule has 3 heteroatoms. The van der Waals surface area contributed by atoms with Crippen LogP contribution in [0.15, 0.2) is 24.3 Å². The van der Waals surface area contributed by atoms with Gasteiger partial charge in [0, 0.05) is 18.8 Å². The Morgan fingerprint density at radius 3 is 2.35 bits per heavy atom. The molecule has 0 aliphatic rings. The molecule has 0 spiro atoms. The maximum atomic E-state index is 11.0. The van der Waals surface area contributed by atoms with Crippen LogP contribution in [0.25, 0.3) is 0 Å². The lowest BCUT2D eigenvalue weighted by atomic mass is 10.1. The van der Waals surface area contributed by atoms with E-state index < -0.39 is 5.97 Å². The number of anilines is 1. The van der Waals surface area contributed by atoms with Gasteiger partial charge in [-0.1, -0.05) is 39.3 Å². The van der Waals surface area contributed by atoms with Gasteiger partial charge in [0.2, 0.25) is 0 Å². The second kappa shape index (κ2) is 8.62. The zero-order chi connectivity index (χ0) is 15.0. The lowest BCUT2D eigenvalue weighted by Crippen LogP contribution is -2.32. The number of unbranched alkanes of at least 4 members (excludes halogenated alkanes) is 1. The Labute approximate surface area is 122 Å². The van der Waals surface area contributed by atoms with E-state index in [1.807, 2.05) is 0 Å². The number of aliphatic carboxylic acids is 1. The fourth-order valence-electron chi connectivity index (χ4n) is 2.26. The van der Waals surface area contributed by atoms with Crippen molar-refractivity contribution < 1.29 is 9.90 Å². The second-order valence-corrected chi connectivity index (χ2v) is 5.46. The van der Waals surface area contributed by atoms with Gasteiger partial charge in [-0.05, 0) is 37.0 Å². The zero-order valence-corrected chi connectivity index (χ0v) is 12.9. The first-order chi connectivity index (χ1) is 9.58. The average Bonchev–Trinajstić information content (AvgIpc) is 2.45. The summed E-state index contributed by atoms with van der Waals surface area (Å²) in [5.74, 6) is -1.08. The van der Waals surface area contributed by atoms with Crippen molar-refractivity contribution in [1.82, 2.24) is 0 Å². The first kappa shape index (κ1) is 16.5. The van der Waals surface area contributed by atoms with Crippen LogP contribution in [0.3, 0.4) is 0 Å². The van der Waals surface area contributed by atoms with Crippen molar-refractivity contribution in [3.05, 3.63) is 29.8 Å². The second-order valence-electron chi connectivity index (χ2n) is 5.46. The Balaban J connectivity index is 2.73. The van der Waals surface area contributed by atoms with Gasteiger partial charge >= 0.3 is 5.97 Å². The predicted octanol–water partition coefficient (Wildman–Crippen LogP) is 3.97. The molecule has 0 aromatic heterocycles. The molecule has 0 saturated carbocycles. The molecule has 1 atom stereocenters. The van der Waals surface area contributed by atoms with Crippen molar-refractivity contribution in [3.63, 3.8) is 0 Å². The van der Waals surface area contributed by atoms with Gasteiger partial charge in [-0.2, -0.15) is 0 Å². The van der Waals surface area contributed by atoms with Gasteiger partial charge in [0.15, 0.2) is 0 Å². The fourth-order valence-corrected chi connectivity index (χ4v) is 2.26. The minimum absolute atomic E-state index is 0.346. The van der Waals surface area contributed by atoms with Crippen molar-refractivity contribution in [1.29, 1.82) is 0 Å². The third kappa shape index (κ3) is 5.24. The molecule has 1 rings (SSSR count). The topological polar surface area (TPSA) is 40.5 Å². The number of carbonyl (C=O) groups is 1. The quantitative estimate of drug-likeness (QED) is 0.742. The molecule has 112 valence electrons. The number of benzene rings is 1. The van der Waals surface area contributed by atoms with Crippen LogP contribution in [-0.4, -0.2) is 24.2 Å². The molecule has 1 unspecified atom stereocenters. The number of carboxylic acid groups (broad SMARTS) is 1. The molecule has 0 radical (unpaired) electrons. The Hall–Kier alpha value is -1.51. The van der Waals surface area contributed by atoms with E-state index in [9.17, 15) is 4.79 Å². The monoisotopic (exact) mass is 277 g/mol. The largest absolute Gasteiger partial charge is 0.481 e. The van der Waals surface area contributed by atoms with Gasteiger partial charge in [0.1, 0.15) is 0 Å². The van der Waals surface area contributed by atoms with Gasteiger partial charge in [-0.15, -0.1) is 0 Å². The standard InChI is InChI=1S/C17H27NO2/c1-4-6-7-15-8-10-16(11-9-15)18(12-5-2)13-14(3)17(19)20/h8-11,14H,4-7,12-13H2,1-3H3,(H,19,20). The van der Waals surface area contributed by atoms with E-state index in [4.69, 9.17) is 5.11 Å².